The van der Waals surface area contributed by atoms with Gasteiger partial charge in [0, 0.05) is 24.6 Å². The molecule has 1 aliphatic heterocycles. The molecule has 2 heterocycles. The molecule has 0 saturated carbocycles. The quantitative estimate of drug-likeness (QED) is 0.905. The Morgan fingerprint density at radius 1 is 1.21 bits per heavy atom. The van der Waals surface area contributed by atoms with E-state index in [4.69, 9.17) is 14.3 Å². The van der Waals surface area contributed by atoms with Crippen LogP contribution in [0.2, 0.25) is 0 Å². The molecule has 1 aliphatic rings. The number of benzene rings is 1. The number of hydrogen-bond donors (Lipinski definition) is 1. The molecule has 0 aliphatic carbocycles. The first-order valence-corrected chi connectivity index (χ1v) is 7.52. The van der Waals surface area contributed by atoms with Gasteiger partial charge in [0.1, 0.15) is 0 Å². The fourth-order valence-electron chi connectivity index (χ4n) is 2.60. The van der Waals surface area contributed by atoms with Crippen molar-refractivity contribution in [2.24, 2.45) is 0 Å². The number of hydrogen-bond acceptors (Lipinski definition) is 6. The number of morpholine rings is 1. The van der Waals surface area contributed by atoms with Gasteiger partial charge in [-0.1, -0.05) is 0 Å². The number of aromatic nitrogens is 2. The zero-order valence-corrected chi connectivity index (χ0v) is 13.3. The molecule has 8 nitrogen and oxygen atoms in total. The molecule has 24 heavy (non-hydrogen) atoms. The second-order valence-electron chi connectivity index (χ2n) is 5.69. The van der Waals surface area contributed by atoms with Gasteiger partial charge in [0.25, 0.3) is 5.91 Å². The molecule has 3 rings (SSSR count). The highest BCUT2D eigenvalue weighted by Crippen LogP contribution is 2.20. The van der Waals surface area contributed by atoms with E-state index >= 15 is 0 Å². The SMILES string of the molecule is Cc1nnc(-c2ccc(C(=O)N3CC(C(=O)O)O[C@H](C)C3)cc2)o1. The highest BCUT2D eigenvalue weighted by Gasteiger charge is 2.33. The fraction of sp³-hybridized carbons (Fsp3) is 0.375. The van der Waals surface area contributed by atoms with Crippen LogP contribution >= 0.6 is 0 Å². The molecule has 1 N–H and O–H groups in total. The van der Waals surface area contributed by atoms with Crippen LogP contribution in [0.5, 0.6) is 0 Å². The van der Waals surface area contributed by atoms with Gasteiger partial charge in [0.05, 0.1) is 12.6 Å². The summed E-state index contributed by atoms with van der Waals surface area (Å²) in [6.07, 6.45) is -1.33. The molecule has 0 bridgehead atoms. The van der Waals surface area contributed by atoms with E-state index in [1.807, 2.05) is 0 Å². The number of amides is 1. The van der Waals surface area contributed by atoms with Crippen LogP contribution in [-0.4, -0.2) is 57.4 Å². The van der Waals surface area contributed by atoms with Crippen LogP contribution in [0.4, 0.5) is 0 Å². The Morgan fingerprint density at radius 2 is 1.92 bits per heavy atom. The first-order valence-electron chi connectivity index (χ1n) is 7.52. The maximum Gasteiger partial charge on any atom is 0.334 e. The van der Waals surface area contributed by atoms with Gasteiger partial charge in [-0.25, -0.2) is 4.79 Å². The molecule has 8 heteroatoms. The second kappa shape index (κ2) is 6.40. The number of carboxylic acids is 1. The molecule has 2 atom stereocenters. The van der Waals surface area contributed by atoms with Crippen molar-refractivity contribution in [3.8, 4) is 11.5 Å². The highest BCUT2D eigenvalue weighted by atomic mass is 16.5. The Kier molecular flexibility index (Phi) is 4.30. The predicted octanol–water partition coefficient (Wildman–Crippen LogP) is 1.36. The zero-order valence-electron chi connectivity index (χ0n) is 13.3. The van der Waals surface area contributed by atoms with Crippen molar-refractivity contribution in [3.05, 3.63) is 35.7 Å². The molecule has 1 saturated heterocycles. The van der Waals surface area contributed by atoms with E-state index in [-0.39, 0.29) is 18.6 Å². The summed E-state index contributed by atoms with van der Waals surface area (Å²) in [7, 11) is 0. The minimum atomic E-state index is -1.07. The van der Waals surface area contributed by atoms with Gasteiger partial charge >= 0.3 is 5.97 Å². The van der Waals surface area contributed by atoms with Crippen molar-refractivity contribution >= 4 is 11.9 Å². The van der Waals surface area contributed by atoms with Gasteiger partial charge in [-0.05, 0) is 31.2 Å². The molecule has 2 aromatic rings. The lowest BCUT2D eigenvalue weighted by Gasteiger charge is -2.35. The van der Waals surface area contributed by atoms with E-state index in [0.29, 0.717) is 29.5 Å². The lowest BCUT2D eigenvalue weighted by Crippen LogP contribution is -2.51. The Balaban J connectivity index is 1.76. The summed E-state index contributed by atoms with van der Waals surface area (Å²) in [5, 5.41) is 16.8. The van der Waals surface area contributed by atoms with Gasteiger partial charge in [-0.2, -0.15) is 0 Å². The Labute approximate surface area is 138 Å². The Hall–Kier alpha value is -2.74. The van der Waals surface area contributed by atoms with Crippen molar-refractivity contribution in [2.45, 2.75) is 26.1 Å². The average Bonchev–Trinajstić information content (AvgIpc) is 3.00. The maximum absolute atomic E-state index is 12.6. The lowest BCUT2D eigenvalue weighted by molar-refractivity contribution is -0.160. The van der Waals surface area contributed by atoms with Gasteiger partial charge in [-0.3, -0.25) is 4.79 Å². The number of aryl methyl sites for hydroxylation is 1. The fourth-order valence-corrected chi connectivity index (χ4v) is 2.60. The van der Waals surface area contributed by atoms with Gasteiger partial charge in [0.15, 0.2) is 6.10 Å². The Morgan fingerprint density at radius 3 is 2.50 bits per heavy atom. The smallest absolute Gasteiger partial charge is 0.334 e. The van der Waals surface area contributed by atoms with E-state index in [1.54, 1.807) is 38.1 Å². The van der Waals surface area contributed by atoms with Gasteiger partial charge in [0.2, 0.25) is 11.8 Å². The summed E-state index contributed by atoms with van der Waals surface area (Å²) in [6.45, 7) is 3.83. The topological polar surface area (TPSA) is 106 Å². The number of nitrogens with zero attached hydrogens (tertiary/aromatic N) is 3. The van der Waals surface area contributed by atoms with Gasteiger partial charge in [-0.15, -0.1) is 10.2 Å². The van der Waals surface area contributed by atoms with Crippen molar-refractivity contribution in [1.29, 1.82) is 0 Å². The van der Waals surface area contributed by atoms with Crippen molar-refractivity contribution in [2.75, 3.05) is 13.1 Å². The molecule has 126 valence electrons. The second-order valence-corrected chi connectivity index (χ2v) is 5.69. The number of carboxylic acid groups (broad SMARTS) is 1. The van der Waals surface area contributed by atoms with Crippen LogP contribution < -0.4 is 0 Å². The zero-order chi connectivity index (χ0) is 17.3. The van der Waals surface area contributed by atoms with E-state index in [0.717, 1.165) is 0 Å². The number of carbonyl (C=O) groups excluding carboxylic acids is 1. The number of carbonyl (C=O) groups is 2. The summed E-state index contributed by atoms with van der Waals surface area (Å²) in [6, 6.07) is 6.76. The molecule has 1 fully saturated rings. The van der Waals surface area contributed by atoms with Crippen LogP contribution in [0.15, 0.2) is 28.7 Å². The van der Waals surface area contributed by atoms with E-state index < -0.39 is 12.1 Å². The molecule has 1 amide bonds. The molecular formula is C16H17N3O5. The molecule has 1 aromatic carbocycles. The lowest BCUT2D eigenvalue weighted by atomic mass is 10.1. The maximum atomic E-state index is 12.6. The third-order valence-corrected chi connectivity index (χ3v) is 3.73. The van der Waals surface area contributed by atoms with Gasteiger partial charge < -0.3 is 19.2 Å². The van der Waals surface area contributed by atoms with E-state index in [2.05, 4.69) is 10.2 Å². The summed E-state index contributed by atoms with van der Waals surface area (Å²) >= 11 is 0. The monoisotopic (exact) mass is 331 g/mol. The molecule has 0 spiro atoms. The molecular weight excluding hydrogens is 314 g/mol. The van der Waals surface area contributed by atoms with Crippen molar-refractivity contribution in [1.82, 2.24) is 15.1 Å². The number of aliphatic carboxylic acids is 1. The molecule has 1 unspecified atom stereocenters. The predicted molar refractivity (Wildman–Crippen MR) is 82.3 cm³/mol. The summed E-state index contributed by atoms with van der Waals surface area (Å²) in [4.78, 5) is 25.2. The third kappa shape index (κ3) is 3.28. The van der Waals surface area contributed by atoms with Crippen molar-refractivity contribution in [3.63, 3.8) is 0 Å². The third-order valence-electron chi connectivity index (χ3n) is 3.73. The first kappa shape index (κ1) is 16.1. The standard InChI is InChI=1S/C16H17N3O5/c1-9-7-19(8-13(23-9)16(21)22)15(20)12-5-3-11(4-6-12)14-18-17-10(2)24-14/h3-6,9,13H,7-8H2,1-2H3,(H,21,22)/t9-,13?/m1/s1. The normalized spacial score (nSPS) is 20.8. The summed E-state index contributed by atoms with van der Waals surface area (Å²) in [5.74, 6) is -0.448. The van der Waals surface area contributed by atoms with Crippen LogP contribution in [0.25, 0.3) is 11.5 Å². The number of ether oxygens (including phenoxy) is 1. The van der Waals surface area contributed by atoms with Crippen LogP contribution in [0.1, 0.15) is 23.2 Å². The summed E-state index contributed by atoms with van der Waals surface area (Å²) in [5.41, 5.74) is 1.18. The Bertz CT molecular complexity index is 755. The minimum absolute atomic E-state index is 0.0309. The van der Waals surface area contributed by atoms with Crippen LogP contribution in [0, 0.1) is 6.92 Å². The summed E-state index contributed by atoms with van der Waals surface area (Å²) < 4.78 is 10.7. The van der Waals surface area contributed by atoms with Crippen LogP contribution in [0.3, 0.4) is 0 Å². The van der Waals surface area contributed by atoms with Crippen LogP contribution in [-0.2, 0) is 9.53 Å². The largest absolute Gasteiger partial charge is 0.479 e. The average molecular weight is 331 g/mol. The number of rotatable bonds is 3. The highest BCUT2D eigenvalue weighted by molar-refractivity contribution is 5.95. The molecule has 1 aromatic heterocycles. The molecule has 0 radical (unpaired) electrons. The van der Waals surface area contributed by atoms with E-state index in [9.17, 15) is 9.59 Å². The van der Waals surface area contributed by atoms with Crippen molar-refractivity contribution < 1.29 is 23.8 Å². The van der Waals surface area contributed by atoms with E-state index in [1.165, 1.54) is 4.90 Å². The minimum Gasteiger partial charge on any atom is -0.479 e. The first-order chi connectivity index (χ1) is 11.4.